The fourth-order valence-corrected chi connectivity index (χ4v) is 3.66. The summed E-state index contributed by atoms with van der Waals surface area (Å²) in [6.45, 7) is 1.64. The molecule has 0 bridgehead atoms. The van der Waals surface area contributed by atoms with Gasteiger partial charge in [0.2, 0.25) is 0 Å². The quantitative estimate of drug-likeness (QED) is 0.446. The second-order valence-electron chi connectivity index (χ2n) is 6.57. The van der Waals surface area contributed by atoms with Crippen molar-refractivity contribution >= 4 is 34.5 Å². The zero-order valence-electron chi connectivity index (χ0n) is 15.8. The summed E-state index contributed by atoms with van der Waals surface area (Å²) >= 11 is 7.07. The number of rotatable bonds is 8. The van der Waals surface area contributed by atoms with Gasteiger partial charge in [0.15, 0.2) is 16.3 Å². The van der Waals surface area contributed by atoms with Gasteiger partial charge in [0.25, 0.3) is 5.56 Å². The van der Waals surface area contributed by atoms with Crippen LogP contribution in [0.1, 0.15) is 6.92 Å². The van der Waals surface area contributed by atoms with Crippen molar-refractivity contribution in [3.8, 4) is 5.75 Å². The van der Waals surface area contributed by atoms with Crippen molar-refractivity contribution in [1.29, 1.82) is 0 Å². The van der Waals surface area contributed by atoms with Crippen LogP contribution in [0.25, 0.3) is 11.2 Å². The van der Waals surface area contributed by atoms with Crippen molar-refractivity contribution in [2.45, 2.75) is 30.8 Å². The lowest BCUT2D eigenvalue weighted by Gasteiger charge is -2.15. The standard InChI is InChI=1S/C18H21ClN4O5S/c1-10(24)9-29-18-20-15-14(16(26)21-17(27)22(15)2)23(18)7-12(25)8-28-13-5-3-11(19)4-6-13/h3-6,10,12,24-25H,7-9H2,1-2H3,(H,21,26,27)/t10-,12-/m0/s1. The van der Waals surface area contributed by atoms with Crippen LogP contribution in [-0.4, -0.2) is 53.9 Å². The molecule has 9 nitrogen and oxygen atoms in total. The Labute approximate surface area is 174 Å². The molecule has 3 aromatic rings. The van der Waals surface area contributed by atoms with Crippen molar-refractivity contribution in [2.24, 2.45) is 7.05 Å². The Morgan fingerprint density at radius 3 is 2.62 bits per heavy atom. The molecule has 156 valence electrons. The minimum atomic E-state index is -0.953. The van der Waals surface area contributed by atoms with Crippen LogP contribution in [0, 0.1) is 0 Å². The Morgan fingerprint density at radius 2 is 1.97 bits per heavy atom. The molecule has 0 fully saturated rings. The molecule has 29 heavy (non-hydrogen) atoms. The zero-order chi connectivity index (χ0) is 21.1. The lowest BCUT2D eigenvalue weighted by molar-refractivity contribution is 0.0913. The van der Waals surface area contributed by atoms with Crippen molar-refractivity contribution < 1.29 is 14.9 Å². The molecule has 11 heteroatoms. The van der Waals surface area contributed by atoms with Gasteiger partial charge in [-0.3, -0.25) is 14.3 Å². The zero-order valence-corrected chi connectivity index (χ0v) is 17.4. The number of hydrogen-bond donors (Lipinski definition) is 3. The number of halogens is 1. The van der Waals surface area contributed by atoms with Crippen LogP contribution in [0.3, 0.4) is 0 Å². The number of hydrogen-bond acceptors (Lipinski definition) is 7. The first-order valence-electron chi connectivity index (χ1n) is 8.83. The van der Waals surface area contributed by atoms with Gasteiger partial charge in [-0.1, -0.05) is 23.4 Å². The Kier molecular flexibility index (Phi) is 6.68. The van der Waals surface area contributed by atoms with Gasteiger partial charge in [0.1, 0.15) is 18.5 Å². The van der Waals surface area contributed by atoms with Crippen molar-refractivity contribution in [3.63, 3.8) is 0 Å². The molecule has 0 amide bonds. The Morgan fingerprint density at radius 1 is 1.28 bits per heavy atom. The third kappa shape index (κ3) is 5.02. The predicted octanol–water partition coefficient (Wildman–Crippen LogP) is 0.989. The molecule has 3 rings (SSSR count). The third-order valence-electron chi connectivity index (χ3n) is 4.08. The summed E-state index contributed by atoms with van der Waals surface area (Å²) in [6, 6.07) is 6.73. The summed E-state index contributed by atoms with van der Waals surface area (Å²) in [5, 5.41) is 21.0. The number of nitrogens with zero attached hydrogens (tertiary/aromatic N) is 3. The van der Waals surface area contributed by atoms with Crippen molar-refractivity contribution in [3.05, 3.63) is 50.1 Å². The number of imidazole rings is 1. The lowest BCUT2D eigenvalue weighted by Crippen LogP contribution is -2.30. The monoisotopic (exact) mass is 440 g/mol. The number of aliphatic hydroxyl groups excluding tert-OH is 2. The molecule has 2 atom stereocenters. The third-order valence-corrected chi connectivity index (χ3v) is 5.55. The molecule has 2 aromatic heterocycles. The van der Waals surface area contributed by atoms with Gasteiger partial charge in [-0.05, 0) is 31.2 Å². The molecule has 0 aliphatic rings. The number of nitrogens with one attached hydrogen (secondary N) is 1. The average molecular weight is 441 g/mol. The maximum absolute atomic E-state index is 12.4. The number of aliphatic hydroxyl groups is 2. The number of aromatic nitrogens is 4. The fourth-order valence-electron chi connectivity index (χ4n) is 2.68. The van der Waals surface area contributed by atoms with Crippen LogP contribution in [0.2, 0.25) is 5.02 Å². The van der Waals surface area contributed by atoms with Crippen LogP contribution in [0.4, 0.5) is 0 Å². The SMILES string of the molecule is C[C@H](O)CSc1nc2c(c(=O)[nH]c(=O)n2C)n1C[C@H](O)COc1ccc(Cl)cc1. The molecular weight excluding hydrogens is 420 g/mol. The largest absolute Gasteiger partial charge is 0.491 e. The lowest BCUT2D eigenvalue weighted by atomic mass is 10.3. The molecule has 0 radical (unpaired) electrons. The number of fused-ring (bicyclic) bond motifs is 1. The Balaban J connectivity index is 1.88. The van der Waals surface area contributed by atoms with Gasteiger partial charge in [-0.2, -0.15) is 0 Å². The molecule has 0 unspecified atom stereocenters. The van der Waals surface area contributed by atoms with Crippen LogP contribution in [0.15, 0.2) is 39.0 Å². The van der Waals surface area contributed by atoms with E-state index in [4.69, 9.17) is 16.3 Å². The smallest absolute Gasteiger partial charge is 0.329 e. The highest BCUT2D eigenvalue weighted by Gasteiger charge is 2.20. The van der Waals surface area contributed by atoms with Gasteiger partial charge in [-0.25, -0.2) is 9.78 Å². The average Bonchev–Trinajstić information content (AvgIpc) is 3.03. The van der Waals surface area contributed by atoms with E-state index in [2.05, 4.69) is 9.97 Å². The number of thioether (sulfide) groups is 1. The maximum atomic E-state index is 12.4. The Bertz CT molecular complexity index is 1110. The summed E-state index contributed by atoms with van der Waals surface area (Å²) in [7, 11) is 1.50. The van der Waals surface area contributed by atoms with E-state index in [0.29, 0.717) is 21.7 Å². The minimum Gasteiger partial charge on any atom is -0.491 e. The molecule has 2 heterocycles. The molecule has 1 aromatic carbocycles. The maximum Gasteiger partial charge on any atom is 0.329 e. The predicted molar refractivity (Wildman–Crippen MR) is 111 cm³/mol. The van der Waals surface area contributed by atoms with Gasteiger partial charge in [0.05, 0.1) is 12.6 Å². The van der Waals surface area contributed by atoms with E-state index in [9.17, 15) is 19.8 Å². The first-order chi connectivity index (χ1) is 13.8. The number of aromatic amines is 1. The molecule has 0 aliphatic heterocycles. The van der Waals surface area contributed by atoms with Gasteiger partial charge < -0.3 is 19.5 Å². The van der Waals surface area contributed by atoms with Gasteiger partial charge >= 0.3 is 5.69 Å². The second kappa shape index (κ2) is 9.04. The molecule has 3 N–H and O–H groups in total. The first-order valence-corrected chi connectivity index (χ1v) is 10.2. The van der Waals surface area contributed by atoms with Crippen LogP contribution in [-0.2, 0) is 13.6 Å². The van der Waals surface area contributed by atoms with E-state index in [-0.39, 0.29) is 24.3 Å². The van der Waals surface area contributed by atoms with Crippen LogP contribution < -0.4 is 16.0 Å². The molecule has 0 spiro atoms. The van der Waals surface area contributed by atoms with Crippen LogP contribution >= 0.6 is 23.4 Å². The van der Waals surface area contributed by atoms with E-state index in [1.807, 2.05) is 0 Å². The first kappa shape index (κ1) is 21.4. The van der Waals surface area contributed by atoms with E-state index in [0.717, 1.165) is 0 Å². The number of benzene rings is 1. The summed E-state index contributed by atoms with van der Waals surface area (Å²) < 4.78 is 8.34. The van der Waals surface area contributed by atoms with E-state index in [1.54, 1.807) is 31.2 Å². The highest BCUT2D eigenvalue weighted by molar-refractivity contribution is 7.99. The molecule has 0 saturated heterocycles. The Hall–Kier alpha value is -2.27. The summed E-state index contributed by atoms with van der Waals surface area (Å²) in [4.78, 5) is 30.9. The van der Waals surface area contributed by atoms with Crippen LogP contribution in [0.5, 0.6) is 5.75 Å². The van der Waals surface area contributed by atoms with E-state index >= 15 is 0 Å². The van der Waals surface area contributed by atoms with Gasteiger partial charge in [0, 0.05) is 17.8 Å². The minimum absolute atomic E-state index is 0.0213. The highest BCUT2D eigenvalue weighted by atomic mass is 35.5. The molecule has 0 saturated carbocycles. The summed E-state index contributed by atoms with van der Waals surface area (Å²) in [6.07, 6.45) is -1.54. The van der Waals surface area contributed by atoms with E-state index in [1.165, 1.54) is 27.9 Å². The van der Waals surface area contributed by atoms with Crippen molar-refractivity contribution in [2.75, 3.05) is 12.4 Å². The molecule has 0 aliphatic carbocycles. The summed E-state index contributed by atoms with van der Waals surface area (Å²) in [5.74, 6) is 0.889. The second-order valence-corrected chi connectivity index (χ2v) is 8.00. The normalized spacial score (nSPS) is 13.6. The molecular formula is C18H21ClN4O5S. The van der Waals surface area contributed by atoms with Gasteiger partial charge in [-0.15, -0.1) is 0 Å². The number of aryl methyl sites for hydroxylation is 1. The highest BCUT2D eigenvalue weighted by Crippen LogP contribution is 2.23. The van der Waals surface area contributed by atoms with Crippen molar-refractivity contribution in [1.82, 2.24) is 19.1 Å². The van der Waals surface area contributed by atoms with E-state index < -0.39 is 23.5 Å². The summed E-state index contributed by atoms with van der Waals surface area (Å²) in [5.41, 5.74) is -0.792. The fraction of sp³-hybridized carbons (Fsp3) is 0.389. The topological polar surface area (TPSA) is 122 Å². The number of ether oxygens (including phenoxy) is 1. The number of H-pyrrole nitrogens is 1.